The molecule has 2 amide bonds. The zero-order chi connectivity index (χ0) is 15.7. The molecule has 1 unspecified atom stereocenters. The van der Waals surface area contributed by atoms with E-state index >= 15 is 0 Å². The molecule has 0 spiro atoms. The molecule has 8 heteroatoms. The number of urea groups is 1. The van der Waals surface area contributed by atoms with Crippen molar-refractivity contribution < 1.29 is 23.5 Å². The first kappa shape index (κ1) is 15.7. The molecule has 0 saturated carbocycles. The molecule has 0 aromatic heterocycles. The summed E-state index contributed by atoms with van der Waals surface area (Å²) in [5, 5.41) is 11.1. The molecule has 21 heavy (non-hydrogen) atoms. The minimum Gasteiger partial charge on any atom is -0.481 e. The number of carboxylic acid groups (broad SMARTS) is 1. The highest BCUT2D eigenvalue weighted by atomic mass is 79.9. The molecule has 1 saturated heterocycles. The topological polar surface area (TPSA) is 69.6 Å². The number of carbonyl (C=O) groups is 2. The van der Waals surface area contributed by atoms with Crippen LogP contribution in [0.1, 0.15) is 6.92 Å². The van der Waals surface area contributed by atoms with Crippen LogP contribution in [0, 0.1) is 23.5 Å². The Morgan fingerprint density at radius 3 is 2.57 bits per heavy atom. The van der Waals surface area contributed by atoms with Crippen molar-refractivity contribution in [1.82, 2.24) is 4.90 Å². The van der Waals surface area contributed by atoms with Gasteiger partial charge in [-0.05, 0) is 22.0 Å². The van der Waals surface area contributed by atoms with Gasteiger partial charge in [-0.15, -0.1) is 0 Å². The Morgan fingerprint density at radius 2 is 2.00 bits per heavy atom. The molecule has 1 aromatic rings. The van der Waals surface area contributed by atoms with Gasteiger partial charge in [0.25, 0.3) is 0 Å². The van der Waals surface area contributed by atoms with Gasteiger partial charge in [0.05, 0.1) is 16.1 Å². The molecule has 5 nitrogen and oxygen atoms in total. The lowest BCUT2D eigenvalue weighted by atomic mass is 9.87. The molecule has 2 rings (SSSR count). The number of rotatable bonds is 3. The van der Waals surface area contributed by atoms with Crippen LogP contribution in [0.3, 0.4) is 0 Å². The number of halogens is 3. The van der Waals surface area contributed by atoms with Crippen LogP contribution < -0.4 is 5.32 Å². The maximum absolute atomic E-state index is 13.6. The van der Waals surface area contributed by atoms with Crippen LogP contribution >= 0.6 is 15.9 Å². The van der Waals surface area contributed by atoms with Crippen LogP contribution in [-0.4, -0.2) is 35.1 Å². The van der Waals surface area contributed by atoms with Crippen molar-refractivity contribution in [3.63, 3.8) is 0 Å². The number of benzene rings is 1. The van der Waals surface area contributed by atoms with Crippen LogP contribution in [0.25, 0.3) is 0 Å². The van der Waals surface area contributed by atoms with Crippen LogP contribution in [0.2, 0.25) is 0 Å². The number of hydrogen-bond donors (Lipinski definition) is 2. The van der Waals surface area contributed by atoms with E-state index in [9.17, 15) is 18.4 Å². The average Bonchev–Trinajstić information content (AvgIpc) is 2.33. The zero-order valence-electron chi connectivity index (χ0n) is 11.1. The molecule has 0 aliphatic carbocycles. The third-order valence-corrected chi connectivity index (χ3v) is 4.15. The number of aliphatic carboxylic acids is 1. The molecule has 1 aliphatic rings. The monoisotopic (exact) mass is 362 g/mol. The van der Waals surface area contributed by atoms with E-state index in [2.05, 4.69) is 21.2 Å². The Morgan fingerprint density at radius 1 is 1.38 bits per heavy atom. The predicted molar refractivity (Wildman–Crippen MR) is 74.9 cm³/mol. The molecule has 1 fully saturated rings. The third-order valence-electron chi connectivity index (χ3n) is 3.55. The molecule has 1 atom stereocenters. The summed E-state index contributed by atoms with van der Waals surface area (Å²) in [6, 6.07) is 1.23. The minimum atomic E-state index is -0.916. The SMILES string of the molecule is CC(C(=O)O)C1CN(C(=O)Nc2cc(F)c(Br)cc2F)C1. The highest BCUT2D eigenvalue weighted by molar-refractivity contribution is 9.10. The fourth-order valence-corrected chi connectivity index (χ4v) is 2.32. The van der Waals surface area contributed by atoms with E-state index in [0.717, 1.165) is 12.1 Å². The second kappa shape index (κ2) is 5.97. The summed E-state index contributed by atoms with van der Waals surface area (Å²) in [5.74, 6) is -3.03. The van der Waals surface area contributed by atoms with Gasteiger partial charge >= 0.3 is 12.0 Å². The van der Waals surface area contributed by atoms with Crippen LogP contribution in [0.4, 0.5) is 19.3 Å². The molecule has 114 valence electrons. The third kappa shape index (κ3) is 3.31. The molecule has 0 radical (unpaired) electrons. The number of nitrogens with one attached hydrogen (secondary N) is 1. The lowest BCUT2D eigenvalue weighted by Gasteiger charge is -2.41. The van der Waals surface area contributed by atoms with E-state index in [-0.39, 0.29) is 29.2 Å². The van der Waals surface area contributed by atoms with Crippen molar-refractivity contribution in [1.29, 1.82) is 0 Å². The van der Waals surface area contributed by atoms with Gasteiger partial charge in [-0.3, -0.25) is 4.79 Å². The summed E-state index contributed by atoms with van der Waals surface area (Å²) >= 11 is 2.84. The number of amides is 2. The average molecular weight is 363 g/mol. The summed E-state index contributed by atoms with van der Waals surface area (Å²) in [6.07, 6.45) is 0. The van der Waals surface area contributed by atoms with E-state index in [4.69, 9.17) is 5.11 Å². The minimum absolute atomic E-state index is 0.0303. The Labute approximate surface area is 128 Å². The van der Waals surface area contributed by atoms with Crippen molar-refractivity contribution in [2.24, 2.45) is 11.8 Å². The number of nitrogens with zero attached hydrogens (tertiary/aromatic N) is 1. The smallest absolute Gasteiger partial charge is 0.321 e. The highest BCUT2D eigenvalue weighted by Crippen LogP contribution is 2.27. The fraction of sp³-hybridized carbons (Fsp3) is 0.385. The molecular weight excluding hydrogens is 350 g/mol. The summed E-state index contributed by atoms with van der Waals surface area (Å²) < 4.78 is 26.9. The highest BCUT2D eigenvalue weighted by Gasteiger charge is 2.37. The van der Waals surface area contributed by atoms with Gasteiger partial charge in [0.2, 0.25) is 0 Å². The van der Waals surface area contributed by atoms with Crippen molar-refractivity contribution >= 4 is 33.6 Å². The standard InChI is InChI=1S/C13H13BrF2N2O3/c1-6(12(19)20)7-4-18(5-7)13(21)17-11-3-9(15)8(14)2-10(11)16/h2-3,6-7H,4-5H2,1H3,(H,17,21)(H,19,20). The fourth-order valence-electron chi connectivity index (χ4n) is 2.01. The zero-order valence-corrected chi connectivity index (χ0v) is 12.7. The van der Waals surface area contributed by atoms with Gasteiger partial charge in [-0.2, -0.15) is 0 Å². The molecule has 0 bridgehead atoms. The largest absolute Gasteiger partial charge is 0.481 e. The summed E-state index contributed by atoms with van der Waals surface area (Å²) in [6.45, 7) is 2.13. The van der Waals surface area contributed by atoms with Crippen LogP contribution in [-0.2, 0) is 4.79 Å². The molecule has 1 heterocycles. The van der Waals surface area contributed by atoms with Crippen molar-refractivity contribution in [2.45, 2.75) is 6.92 Å². The van der Waals surface area contributed by atoms with Gasteiger partial charge in [0, 0.05) is 25.1 Å². The van der Waals surface area contributed by atoms with Gasteiger partial charge in [0.1, 0.15) is 11.6 Å². The summed E-state index contributed by atoms with van der Waals surface area (Å²) in [7, 11) is 0. The van der Waals surface area contributed by atoms with E-state index in [1.54, 1.807) is 6.92 Å². The number of carbonyl (C=O) groups excluding carboxylic acids is 1. The first-order valence-electron chi connectivity index (χ1n) is 6.23. The normalized spacial score (nSPS) is 16.3. The molecular formula is C13H13BrF2N2O3. The van der Waals surface area contributed by atoms with Crippen molar-refractivity contribution in [3.05, 3.63) is 28.2 Å². The van der Waals surface area contributed by atoms with Crippen molar-refractivity contribution in [3.8, 4) is 0 Å². The molecule has 1 aromatic carbocycles. The Hall–Kier alpha value is -1.70. The summed E-state index contributed by atoms with van der Waals surface area (Å²) in [4.78, 5) is 24.0. The summed E-state index contributed by atoms with van der Waals surface area (Å²) in [5.41, 5.74) is -0.254. The first-order valence-corrected chi connectivity index (χ1v) is 7.02. The first-order chi connectivity index (χ1) is 9.79. The van der Waals surface area contributed by atoms with Crippen LogP contribution in [0.15, 0.2) is 16.6 Å². The van der Waals surface area contributed by atoms with Crippen LogP contribution in [0.5, 0.6) is 0 Å². The van der Waals surface area contributed by atoms with Crippen molar-refractivity contribution in [2.75, 3.05) is 18.4 Å². The number of hydrogen-bond acceptors (Lipinski definition) is 2. The maximum Gasteiger partial charge on any atom is 0.321 e. The Balaban J connectivity index is 1.95. The Bertz CT molecular complexity index is 591. The molecule has 2 N–H and O–H groups in total. The number of anilines is 1. The van der Waals surface area contributed by atoms with Gasteiger partial charge in [-0.1, -0.05) is 6.92 Å². The van der Waals surface area contributed by atoms with E-state index in [0.29, 0.717) is 0 Å². The lowest BCUT2D eigenvalue weighted by Crippen LogP contribution is -2.54. The second-order valence-electron chi connectivity index (χ2n) is 4.97. The quantitative estimate of drug-likeness (QED) is 0.812. The predicted octanol–water partition coefficient (Wildman–Crippen LogP) is 2.91. The Kier molecular flexibility index (Phi) is 4.46. The number of likely N-dealkylation sites (tertiary alicyclic amines) is 1. The van der Waals surface area contributed by atoms with E-state index in [1.165, 1.54) is 4.90 Å². The van der Waals surface area contributed by atoms with Gasteiger partial charge in [0.15, 0.2) is 0 Å². The number of carboxylic acids is 1. The van der Waals surface area contributed by atoms with E-state index < -0.39 is 29.6 Å². The van der Waals surface area contributed by atoms with E-state index in [1.807, 2.05) is 0 Å². The second-order valence-corrected chi connectivity index (χ2v) is 5.82. The molecule has 1 aliphatic heterocycles. The lowest BCUT2D eigenvalue weighted by molar-refractivity contribution is -0.144. The maximum atomic E-state index is 13.6. The van der Waals surface area contributed by atoms with Gasteiger partial charge in [-0.25, -0.2) is 13.6 Å². The van der Waals surface area contributed by atoms with Gasteiger partial charge < -0.3 is 15.3 Å².